The van der Waals surface area contributed by atoms with Crippen molar-refractivity contribution in [2.75, 3.05) is 6.54 Å². The third-order valence-corrected chi connectivity index (χ3v) is 5.71. The molecule has 0 saturated heterocycles. The average Bonchev–Trinajstić information content (AvgIpc) is 3.26. The normalized spacial score (nSPS) is 16.9. The van der Waals surface area contributed by atoms with Crippen molar-refractivity contribution in [2.45, 2.75) is 45.1 Å². The predicted octanol–water partition coefficient (Wildman–Crippen LogP) is 2.16. The van der Waals surface area contributed by atoms with Crippen molar-refractivity contribution in [1.82, 2.24) is 35.3 Å². The quantitative estimate of drug-likeness (QED) is 0.770. The Kier molecular flexibility index (Phi) is 3.77. The van der Waals surface area contributed by atoms with Gasteiger partial charge in [0.15, 0.2) is 5.82 Å². The van der Waals surface area contributed by atoms with Crippen molar-refractivity contribution in [3.05, 3.63) is 52.6 Å². The number of nitrogens with one attached hydrogen (secondary N) is 1. The summed E-state index contributed by atoms with van der Waals surface area (Å²) in [6.45, 7) is 3.17. The van der Waals surface area contributed by atoms with E-state index in [0.29, 0.717) is 30.4 Å². The van der Waals surface area contributed by atoms with Crippen LogP contribution in [0.3, 0.4) is 0 Å². The second kappa shape index (κ2) is 6.29. The molecule has 2 aromatic heterocycles. The number of carbonyl (C=O) groups excluding carboxylic acids is 1. The smallest absolute Gasteiger partial charge is 0.254 e. The van der Waals surface area contributed by atoms with Crippen LogP contribution in [-0.2, 0) is 13.0 Å². The number of fused-ring (bicyclic) bond motifs is 1. The highest BCUT2D eigenvalue weighted by molar-refractivity contribution is 5.94. The lowest BCUT2D eigenvalue weighted by atomic mass is 9.80. The summed E-state index contributed by atoms with van der Waals surface area (Å²) in [7, 11) is 0. The van der Waals surface area contributed by atoms with Gasteiger partial charge in [-0.1, -0.05) is 12.5 Å². The molecule has 1 N–H and O–H groups in total. The number of aryl methyl sites for hydroxylation is 1. The highest BCUT2D eigenvalue weighted by Gasteiger charge is 2.31. The van der Waals surface area contributed by atoms with E-state index in [1.807, 2.05) is 36.1 Å². The van der Waals surface area contributed by atoms with E-state index in [1.165, 1.54) is 36.2 Å². The van der Waals surface area contributed by atoms with Gasteiger partial charge < -0.3 is 4.90 Å². The van der Waals surface area contributed by atoms with Crippen LogP contribution in [0.25, 0.3) is 5.69 Å². The van der Waals surface area contributed by atoms with Gasteiger partial charge in [-0.25, -0.2) is 0 Å². The Labute approximate surface area is 156 Å². The number of hydrogen-bond donors (Lipinski definition) is 1. The van der Waals surface area contributed by atoms with E-state index in [9.17, 15) is 4.79 Å². The number of H-pyrrole nitrogens is 1. The Balaban J connectivity index is 1.41. The molecule has 5 rings (SSSR count). The summed E-state index contributed by atoms with van der Waals surface area (Å²) in [4.78, 5) is 15.1. The molecule has 0 spiro atoms. The van der Waals surface area contributed by atoms with Gasteiger partial charge in [-0.05, 0) is 48.4 Å². The third kappa shape index (κ3) is 2.72. The van der Waals surface area contributed by atoms with Crippen LogP contribution in [-0.4, -0.2) is 47.8 Å². The molecule has 1 aromatic carbocycles. The van der Waals surface area contributed by atoms with Gasteiger partial charge in [0, 0.05) is 42.2 Å². The van der Waals surface area contributed by atoms with Crippen LogP contribution in [0.4, 0.5) is 0 Å². The van der Waals surface area contributed by atoms with Gasteiger partial charge in [0.25, 0.3) is 5.91 Å². The molecular formula is C19H21N7O. The Morgan fingerprint density at radius 1 is 1.30 bits per heavy atom. The van der Waals surface area contributed by atoms with Gasteiger partial charge in [-0.3, -0.25) is 9.89 Å². The molecule has 1 fully saturated rings. The zero-order chi connectivity index (χ0) is 18.4. The predicted molar refractivity (Wildman–Crippen MR) is 97.5 cm³/mol. The van der Waals surface area contributed by atoms with Crippen molar-refractivity contribution in [3.63, 3.8) is 0 Å². The minimum Gasteiger partial charge on any atom is -0.334 e. The lowest BCUT2D eigenvalue weighted by molar-refractivity contribution is 0.0733. The molecule has 8 nitrogen and oxygen atoms in total. The molecule has 1 aliphatic carbocycles. The maximum absolute atomic E-state index is 13.1. The lowest BCUT2D eigenvalue weighted by Gasteiger charge is -2.30. The SMILES string of the molecule is Cc1nnnn1-c1cccc(C(=O)N2CCc3[nH]nc(C4CCC4)c3C2)c1. The van der Waals surface area contributed by atoms with Crippen molar-refractivity contribution in [1.29, 1.82) is 0 Å². The van der Waals surface area contributed by atoms with E-state index in [-0.39, 0.29) is 5.91 Å². The molecule has 138 valence electrons. The van der Waals surface area contributed by atoms with Gasteiger partial charge in [-0.2, -0.15) is 9.78 Å². The Morgan fingerprint density at radius 3 is 2.93 bits per heavy atom. The first-order chi connectivity index (χ1) is 13.2. The number of carbonyl (C=O) groups is 1. The molecule has 8 heteroatoms. The summed E-state index contributed by atoms with van der Waals surface area (Å²) >= 11 is 0. The van der Waals surface area contributed by atoms with E-state index in [0.717, 1.165) is 12.1 Å². The molecule has 0 radical (unpaired) electrons. The van der Waals surface area contributed by atoms with Crippen molar-refractivity contribution in [2.24, 2.45) is 0 Å². The molecule has 0 unspecified atom stereocenters. The Morgan fingerprint density at radius 2 is 2.19 bits per heavy atom. The molecule has 27 heavy (non-hydrogen) atoms. The van der Waals surface area contributed by atoms with Gasteiger partial charge >= 0.3 is 0 Å². The number of hydrogen-bond acceptors (Lipinski definition) is 5. The first-order valence-electron chi connectivity index (χ1n) is 9.41. The first kappa shape index (κ1) is 16.2. The fourth-order valence-electron chi connectivity index (χ4n) is 3.93. The highest BCUT2D eigenvalue weighted by Crippen LogP contribution is 2.39. The summed E-state index contributed by atoms with van der Waals surface area (Å²) in [6, 6.07) is 7.47. The zero-order valence-electron chi connectivity index (χ0n) is 15.2. The fraction of sp³-hybridized carbons (Fsp3) is 0.421. The number of aromatic nitrogens is 6. The number of aromatic amines is 1. The number of amides is 1. The molecule has 1 aliphatic heterocycles. The van der Waals surface area contributed by atoms with E-state index in [2.05, 4.69) is 25.7 Å². The van der Waals surface area contributed by atoms with Crippen molar-refractivity contribution in [3.8, 4) is 5.69 Å². The topological polar surface area (TPSA) is 92.6 Å². The second-order valence-electron chi connectivity index (χ2n) is 7.36. The van der Waals surface area contributed by atoms with E-state index in [4.69, 9.17) is 0 Å². The maximum atomic E-state index is 13.1. The Hall–Kier alpha value is -3.03. The van der Waals surface area contributed by atoms with Crippen LogP contribution < -0.4 is 0 Å². The van der Waals surface area contributed by atoms with E-state index in [1.54, 1.807) is 4.68 Å². The van der Waals surface area contributed by atoms with E-state index < -0.39 is 0 Å². The van der Waals surface area contributed by atoms with Gasteiger partial charge in [0.1, 0.15) is 0 Å². The van der Waals surface area contributed by atoms with Gasteiger partial charge in [0.05, 0.1) is 11.4 Å². The minimum absolute atomic E-state index is 0.0361. The number of benzene rings is 1. The number of rotatable bonds is 3. The van der Waals surface area contributed by atoms with Crippen molar-refractivity contribution < 1.29 is 4.79 Å². The molecule has 1 amide bonds. The van der Waals surface area contributed by atoms with Crippen molar-refractivity contribution >= 4 is 5.91 Å². The zero-order valence-corrected chi connectivity index (χ0v) is 15.2. The monoisotopic (exact) mass is 363 g/mol. The molecule has 0 bridgehead atoms. The summed E-state index contributed by atoms with van der Waals surface area (Å²) in [5.41, 5.74) is 5.04. The lowest BCUT2D eigenvalue weighted by Crippen LogP contribution is -2.36. The summed E-state index contributed by atoms with van der Waals surface area (Å²) in [6.07, 6.45) is 4.52. The average molecular weight is 363 g/mol. The number of nitrogens with zero attached hydrogens (tertiary/aromatic N) is 6. The van der Waals surface area contributed by atoms with Crippen LogP contribution in [0, 0.1) is 6.92 Å². The van der Waals surface area contributed by atoms with Crippen LogP contribution in [0.2, 0.25) is 0 Å². The minimum atomic E-state index is 0.0361. The summed E-state index contributed by atoms with van der Waals surface area (Å²) < 4.78 is 1.63. The molecule has 2 aliphatic rings. The van der Waals surface area contributed by atoms with Crippen LogP contribution >= 0.6 is 0 Å². The fourth-order valence-corrected chi connectivity index (χ4v) is 3.93. The highest BCUT2D eigenvalue weighted by atomic mass is 16.2. The first-order valence-corrected chi connectivity index (χ1v) is 9.41. The second-order valence-corrected chi connectivity index (χ2v) is 7.36. The van der Waals surface area contributed by atoms with Crippen LogP contribution in [0.5, 0.6) is 0 Å². The van der Waals surface area contributed by atoms with Gasteiger partial charge in [0.2, 0.25) is 0 Å². The maximum Gasteiger partial charge on any atom is 0.254 e. The summed E-state index contributed by atoms with van der Waals surface area (Å²) in [5, 5.41) is 19.3. The largest absolute Gasteiger partial charge is 0.334 e. The standard InChI is InChI=1S/C19H21N7O/c1-12-20-23-24-26(12)15-7-3-6-14(10-15)19(27)25-9-8-17-16(11-25)18(22-21-17)13-4-2-5-13/h3,6-7,10,13H,2,4-5,8-9,11H2,1H3,(H,21,22). The third-order valence-electron chi connectivity index (χ3n) is 5.71. The molecule has 0 atom stereocenters. The van der Waals surface area contributed by atoms with E-state index >= 15 is 0 Å². The molecule has 3 aromatic rings. The van der Waals surface area contributed by atoms with Crippen LogP contribution in [0.15, 0.2) is 24.3 Å². The molecule has 1 saturated carbocycles. The molecule has 3 heterocycles. The number of tetrazole rings is 1. The summed E-state index contributed by atoms with van der Waals surface area (Å²) in [5.74, 6) is 1.28. The van der Waals surface area contributed by atoms with Gasteiger partial charge in [-0.15, -0.1) is 5.10 Å². The Bertz CT molecular complexity index is 1000. The molecular weight excluding hydrogens is 342 g/mol. The van der Waals surface area contributed by atoms with Crippen LogP contribution in [0.1, 0.15) is 58.3 Å².